The van der Waals surface area contributed by atoms with Gasteiger partial charge in [-0.1, -0.05) is 0 Å². The van der Waals surface area contributed by atoms with Crippen LogP contribution in [-0.4, -0.2) is 53.6 Å². The summed E-state index contributed by atoms with van der Waals surface area (Å²) in [6.07, 6.45) is 4.97. The van der Waals surface area contributed by atoms with E-state index in [-0.39, 0.29) is 23.9 Å². The van der Waals surface area contributed by atoms with E-state index in [2.05, 4.69) is 20.2 Å². The molecule has 1 aliphatic carbocycles. The Morgan fingerprint density at radius 1 is 1.27 bits per heavy atom. The van der Waals surface area contributed by atoms with Gasteiger partial charge in [-0.3, -0.25) is 14.5 Å². The monoisotopic (exact) mass is 470 g/mol. The van der Waals surface area contributed by atoms with E-state index in [1.54, 1.807) is 11.3 Å². The molecular weight excluding hydrogens is 440 g/mol. The van der Waals surface area contributed by atoms with Gasteiger partial charge in [-0.15, -0.1) is 11.3 Å². The first-order chi connectivity index (χ1) is 16.1. The first-order valence-corrected chi connectivity index (χ1v) is 12.6. The SMILES string of the molecule is Cc1ccc(C(CNC(=O)CCc2nc3sc4c(c3c(=O)[nH]2)CCCC4)N2CCOCC2)o1. The molecule has 8 nitrogen and oxygen atoms in total. The van der Waals surface area contributed by atoms with E-state index in [1.165, 1.54) is 16.9 Å². The number of hydrogen-bond donors (Lipinski definition) is 2. The molecule has 3 aromatic rings. The van der Waals surface area contributed by atoms with Crippen LogP contribution in [-0.2, 0) is 28.8 Å². The van der Waals surface area contributed by atoms with Crippen molar-refractivity contribution in [3.8, 4) is 0 Å². The highest BCUT2D eigenvalue weighted by atomic mass is 32.1. The minimum absolute atomic E-state index is 0.0294. The molecule has 4 heterocycles. The van der Waals surface area contributed by atoms with E-state index < -0.39 is 0 Å². The highest BCUT2D eigenvalue weighted by Crippen LogP contribution is 2.33. The van der Waals surface area contributed by atoms with Gasteiger partial charge < -0.3 is 19.5 Å². The molecule has 0 radical (unpaired) electrons. The summed E-state index contributed by atoms with van der Waals surface area (Å²) in [6.45, 7) is 5.35. The number of hydrogen-bond acceptors (Lipinski definition) is 7. The number of amides is 1. The van der Waals surface area contributed by atoms with Crippen LogP contribution in [0, 0.1) is 6.92 Å². The molecule has 1 saturated heterocycles. The molecule has 2 aliphatic rings. The zero-order valence-electron chi connectivity index (χ0n) is 18.9. The van der Waals surface area contributed by atoms with Crippen LogP contribution in [0.25, 0.3) is 10.2 Å². The van der Waals surface area contributed by atoms with Crippen LogP contribution < -0.4 is 10.9 Å². The van der Waals surface area contributed by atoms with Gasteiger partial charge in [0, 0.05) is 37.4 Å². The Morgan fingerprint density at radius 3 is 2.88 bits per heavy atom. The number of morpholine rings is 1. The molecule has 33 heavy (non-hydrogen) atoms. The fraction of sp³-hybridized carbons (Fsp3) is 0.542. The number of fused-ring (bicyclic) bond motifs is 3. The summed E-state index contributed by atoms with van der Waals surface area (Å²) in [6, 6.07) is 3.90. The molecule has 1 unspecified atom stereocenters. The van der Waals surface area contributed by atoms with Gasteiger partial charge in [0.05, 0.1) is 24.6 Å². The highest BCUT2D eigenvalue weighted by molar-refractivity contribution is 7.18. The Labute approximate surface area is 196 Å². The van der Waals surface area contributed by atoms with Gasteiger partial charge in [0.1, 0.15) is 22.2 Å². The first-order valence-electron chi connectivity index (χ1n) is 11.8. The second-order valence-corrected chi connectivity index (χ2v) is 9.90. The second kappa shape index (κ2) is 9.79. The summed E-state index contributed by atoms with van der Waals surface area (Å²) in [7, 11) is 0. The third-order valence-corrected chi connectivity index (χ3v) is 7.72. The van der Waals surface area contributed by atoms with Gasteiger partial charge in [-0.2, -0.15) is 0 Å². The maximum atomic E-state index is 12.7. The number of H-pyrrole nitrogens is 1. The maximum absolute atomic E-state index is 12.7. The third kappa shape index (κ3) is 4.90. The fourth-order valence-electron chi connectivity index (χ4n) is 4.79. The number of furan rings is 1. The number of nitrogens with one attached hydrogen (secondary N) is 2. The third-order valence-electron chi connectivity index (χ3n) is 6.53. The molecule has 2 N–H and O–H groups in total. The molecule has 0 spiro atoms. The van der Waals surface area contributed by atoms with Crippen LogP contribution in [0.2, 0.25) is 0 Å². The molecule has 3 aromatic heterocycles. The Balaban J connectivity index is 1.22. The summed E-state index contributed by atoms with van der Waals surface area (Å²) in [4.78, 5) is 37.3. The van der Waals surface area contributed by atoms with Crippen molar-refractivity contribution >= 4 is 27.5 Å². The summed E-state index contributed by atoms with van der Waals surface area (Å²) >= 11 is 1.63. The predicted molar refractivity (Wildman–Crippen MR) is 127 cm³/mol. The molecular formula is C24H30N4O4S. The number of aromatic nitrogens is 2. The van der Waals surface area contributed by atoms with Crippen molar-refractivity contribution in [1.82, 2.24) is 20.2 Å². The molecule has 1 aliphatic heterocycles. The van der Waals surface area contributed by atoms with Crippen LogP contribution in [0.15, 0.2) is 21.3 Å². The molecule has 1 fully saturated rings. The number of thiophene rings is 1. The lowest BCUT2D eigenvalue weighted by molar-refractivity contribution is -0.121. The first kappa shape index (κ1) is 22.3. The highest BCUT2D eigenvalue weighted by Gasteiger charge is 2.26. The molecule has 0 saturated carbocycles. The zero-order valence-corrected chi connectivity index (χ0v) is 19.8. The number of carbonyl (C=O) groups excluding carboxylic acids is 1. The van der Waals surface area contributed by atoms with Gasteiger partial charge in [0.2, 0.25) is 5.91 Å². The van der Waals surface area contributed by atoms with E-state index in [9.17, 15) is 9.59 Å². The average molecular weight is 471 g/mol. The number of ether oxygens (including phenoxy) is 1. The van der Waals surface area contributed by atoms with Gasteiger partial charge in [-0.05, 0) is 50.3 Å². The molecule has 5 rings (SSSR count). The lowest BCUT2D eigenvalue weighted by Crippen LogP contribution is -2.43. The summed E-state index contributed by atoms with van der Waals surface area (Å²) in [5.41, 5.74) is 1.11. The summed E-state index contributed by atoms with van der Waals surface area (Å²) in [5, 5.41) is 3.81. The number of nitrogens with zero attached hydrogens (tertiary/aromatic N) is 2. The van der Waals surface area contributed by atoms with Crippen molar-refractivity contribution in [3.63, 3.8) is 0 Å². The van der Waals surface area contributed by atoms with Crippen molar-refractivity contribution in [2.24, 2.45) is 0 Å². The smallest absolute Gasteiger partial charge is 0.259 e. The van der Waals surface area contributed by atoms with Crippen molar-refractivity contribution in [2.75, 3.05) is 32.8 Å². The van der Waals surface area contributed by atoms with Crippen molar-refractivity contribution < 1.29 is 13.9 Å². The number of aryl methyl sites for hydroxylation is 4. The Morgan fingerprint density at radius 2 is 2.09 bits per heavy atom. The van der Waals surface area contributed by atoms with Crippen LogP contribution in [0.3, 0.4) is 0 Å². The second-order valence-electron chi connectivity index (χ2n) is 8.82. The Hall–Kier alpha value is -2.49. The van der Waals surface area contributed by atoms with Crippen LogP contribution >= 0.6 is 11.3 Å². The van der Waals surface area contributed by atoms with Crippen molar-refractivity contribution in [3.05, 3.63) is 50.3 Å². The van der Waals surface area contributed by atoms with E-state index in [4.69, 9.17) is 9.15 Å². The van der Waals surface area contributed by atoms with Gasteiger partial charge in [0.25, 0.3) is 5.56 Å². The van der Waals surface area contributed by atoms with Crippen molar-refractivity contribution in [2.45, 2.75) is 51.5 Å². The topological polar surface area (TPSA) is 100 Å². The van der Waals surface area contributed by atoms with Crippen molar-refractivity contribution in [1.29, 1.82) is 0 Å². The quantitative estimate of drug-likeness (QED) is 0.551. The number of carbonyl (C=O) groups is 1. The van der Waals surface area contributed by atoms with Crippen LogP contribution in [0.5, 0.6) is 0 Å². The molecule has 0 aromatic carbocycles. The minimum atomic E-state index is -0.0737. The number of rotatable bonds is 7. The van der Waals surface area contributed by atoms with Crippen LogP contribution in [0.4, 0.5) is 0 Å². The van der Waals surface area contributed by atoms with E-state index >= 15 is 0 Å². The maximum Gasteiger partial charge on any atom is 0.259 e. The predicted octanol–water partition coefficient (Wildman–Crippen LogP) is 2.89. The zero-order chi connectivity index (χ0) is 22.8. The van der Waals surface area contributed by atoms with Gasteiger partial charge in [0.15, 0.2) is 0 Å². The minimum Gasteiger partial charge on any atom is -0.465 e. The lowest BCUT2D eigenvalue weighted by Gasteiger charge is -2.33. The van der Waals surface area contributed by atoms with E-state index in [0.29, 0.717) is 32.0 Å². The van der Waals surface area contributed by atoms with E-state index in [0.717, 1.165) is 54.1 Å². The van der Waals surface area contributed by atoms with E-state index in [1.807, 2.05) is 19.1 Å². The molecule has 176 valence electrons. The molecule has 0 bridgehead atoms. The standard InChI is InChI=1S/C24H30N4O4S/c1-15-6-7-18(32-15)17(28-10-12-31-13-11-28)14-25-21(29)9-8-20-26-23(30)22-16-4-2-3-5-19(16)33-24(22)27-20/h6-7,17H,2-5,8-14H2,1H3,(H,25,29)(H,26,27,30). The summed E-state index contributed by atoms with van der Waals surface area (Å²) < 4.78 is 11.3. The largest absolute Gasteiger partial charge is 0.465 e. The van der Waals surface area contributed by atoms with Gasteiger partial charge in [-0.25, -0.2) is 4.98 Å². The number of aromatic amines is 1. The molecule has 1 amide bonds. The lowest BCUT2D eigenvalue weighted by atomic mass is 9.97. The van der Waals surface area contributed by atoms with Crippen LogP contribution in [0.1, 0.15) is 53.1 Å². The summed E-state index contributed by atoms with van der Waals surface area (Å²) in [5.74, 6) is 2.22. The fourth-order valence-corrected chi connectivity index (χ4v) is 6.07. The normalized spacial score (nSPS) is 17.7. The Kier molecular flexibility index (Phi) is 6.62. The average Bonchev–Trinajstić information content (AvgIpc) is 3.42. The van der Waals surface area contributed by atoms with Gasteiger partial charge >= 0.3 is 0 Å². The molecule has 1 atom stereocenters. The Bertz CT molecular complexity index is 1190. The molecule has 9 heteroatoms.